The number of esters is 1. The van der Waals surface area contributed by atoms with Gasteiger partial charge in [0.25, 0.3) is 0 Å². The summed E-state index contributed by atoms with van der Waals surface area (Å²) < 4.78 is 12.3. The summed E-state index contributed by atoms with van der Waals surface area (Å²) in [7, 11) is 0. The van der Waals surface area contributed by atoms with E-state index in [0.29, 0.717) is 27.2 Å². The van der Waals surface area contributed by atoms with Crippen molar-refractivity contribution in [2.45, 2.75) is 103 Å². The minimum atomic E-state index is -0.182. The predicted octanol–water partition coefficient (Wildman–Crippen LogP) is 7.99. The average molecular weight is 563 g/mol. The van der Waals surface area contributed by atoms with Gasteiger partial charge in [0, 0.05) is 16.9 Å². The van der Waals surface area contributed by atoms with E-state index >= 15 is 0 Å². The second kappa shape index (κ2) is 12.2. The maximum absolute atomic E-state index is 13.4. The van der Waals surface area contributed by atoms with Crippen LogP contribution in [0, 0.1) is 11.3 Å². The number of hydrogen-bond donors (Lipinski definition) is 2. The van der Waals surface area contributed by atoms with Crippen LogP contribution < -0.4 is 10.6 Å². The molecule has 0 radical (unpaired) electrons. The Morgan fingerprint density at radius 3 is 2.58 bits per heavy atom. The number of halogens is 2. The van der Waals surface area contributed by atoms with Crippen molar-refractivity contribution in [3.63, 3.8) is 0 Å². The normalized spacial score (nSPS) is 23.2. The molecule has 5 rings (SSSR count). The standard InChI is InChI=1S/C30H41Cl2N3O3/c1-3-5-6-7-9-19(4-2)29(36)37-28-23(18-30(28)14-16-33-17-15-30)34-26-25(35-38-27(26)20-12-13-20)24-21(31)10-8-11-22(24)32/h8,10-11,19-20,23,28,33-34H,3-7,9,12-18H2,1-2H3. The van der Waals surface area contributed by atoms with Crippen LogP contribution in [0.25, 0.3) is 11.3 Å². The van der Waals surface area contributed by atoms with Gasteiger partial charge in [-0.2, -0.15) is 0 Å². The molecule has 2 aliphatic carbocycles. The summed E-state index contributed by atoms with van der Waals surface area (Å²) >= 11 is 13.2. The largest absolute Gasteiger partial charge is 0.459 e. The van der Waals surface area contributed by atoms with E-state index < -0.39 is 0 Å². The van der Waals surface area contributed by atoms with Crippen LogP contribution in [0.1, 0.15) is 96.2 Å². The molecule has 1 aromatic heterocycles. The van der Waals surface area contributed by atoms with E-state index in [4.69, 9.17) is 32.5 Å². The molecule has 6 nitrogen and oxygen atoms in total. The van der Waals surface area contributed by atoms with Crippen LogP contribution in [0.2, 0.25) is 10.0 Å². The number of carbonyl (C=O) groups excluding carboxylic acids is 1. The summed E-state index contributed by atoms with van der Waals surface area (Å²) in [6.07, 6.45) is 11.3. The summed E-state index contributed by atoms with van der Waals surface area (Å²) in [4.78, 5) is 13.4. The number of rotatable bonds is 12. The van der Waals surface area contributed by atoms with Crippen LogP contribution in [-0.4, -0.2) is 36.4 Å². The molecular weight excluding hydrogens is 521 g/mol. The third-order valence-electron chi connectivity index (χ3n) is 8.87. The fourth-order valence-corrected chi connectivity index (χ4v) is 6.93. The number of nitrogens with zero attached hydrogens (tertiary/aromatic N) is 1. The predicted molar refractivity (Wildman–Crippen MR) is 153 cm³/mol. The number of anilines is 1. The Morgan fingerprint density at radius 2 is 1.92 bits per heavy atom. The highest BCUT2D eigenvalue weighted by Crippen LogP contribution is 2.54. The number of unbranched alkanes of at least 4 members (excludes halogenated alkanes) is 3. The number of aromatic nitrogens is 1. The zero-order chi connectivity index (χ0) is 26.7. The summed E-state index contributed by atoms with van der Waals surface area (Å²) in [6.45, 7) is 6.22. The number of hydrogen-bond acceptors (Lipinski definition) is 6. The van der Waals surface area contributed by atoms with E-state index in [1.807, 2.05) is 18.2 Å². The topological polar surface area (TPSA) is 76.4 Å². The van der Waals surface area contributed by atoms with Crippen molar-refractivity contribution in [2.75, 3.05) is 18.4 Å². The van der Waals surface area contributed by atoms with Crippen LogP contribution in [-0.2, 0) is 9.53 Å². The van der Waals surface area contributed by atoms with Gasteiger partial charge in [0.2, 0.25) is 0 Å². The third kappa shape index (κ3) is 5.73. The van der Waals surface area contributed by atoms with E-state index in [9.17, 15) is 4.79 Å². The van der Waals surface area contributed by atoms with Crippen molar-refractivity contribution in [1.29, 1.82) is 0 Å². The minimum absolute atomic E-state index is 0.00781. The molecule has 1 spiro atoms. The highest BCUT2D eigenvalue weighted by atomic mass is 35.5. The van der Waals surface area contributed by atoms with Crippen LogP contribution >= 0.6 is 23.2 Å². The summed E-state index contributed by atoms with van der Waals surface area (Å²) in [6, 6.07) is 5.46. The van der Waals surface area contributed by atoms with Gasteiger partial charge in [0.05, 0.1) is 22.0 Å². The van der Waals surface area contributed by atoms with Gasteiger partial charge in [-0.05, 0) is 70.2 Å². The number of piperidine rings is 1. The maximum Gasteiger partial charge on any atom is 0.309 e. The molecule has 0 bridgehead atoms. The van der Waals surface area contributed by atoms with Gasteiger partial charge in [0.15, 0.2) is 5.76 Å². The van der Waals surface area contributed by atoms with Gasteiger partial charge in [0.1, 0.15) is 17.5 Å². The fraction of sp³-hybridized carbons (Fsp3) is 0.667. The first-order chi connectivity index (χ1) is 18.5. The van der Waals surface area contributed by atoms with Crippen molar-refractivity contribution < 1.29 is 14.1 Å². The molecule has 3 atom stereocenters. The molecule has 0 amide bonds. The molecule has 2 N–H and O–H groups in total. The molecule has 1 saturated heterocycles. The Balaban J connectivity index is 1.38. The van der Waals surface area contributed by atoms with Gasteiger partial charge in [-0.25, -0.2) is 0 Å². The fourth-order valence-electron chi connectivity index (χ4n) is 6.35. The third-order valence-corrected chi connectivity index (χ3v) is 9.50. The molecule has 3 aliphatic rings. The van der Waals surface area contributed by atoms with Crippen molar-refractivity contribution in [3.8, 4) is 11.3 Å². The lowest BCUT2D eigenvalue weighted by Gasteiger charge is -2.56. The minimum Gasteiger partial charge on any atom is -0.459 e. The molecule has 1 aromatic carbocycles. The van der Waals surface area contributed by atoms with Crippen LogP contribution in [0.3, 0.4) is 0 Å². The SMILES string of the molecule is CCCCCCC(CC)C(=O)OC1C(Nc2c(-c3c(Cl)cccc3Cl)noc2C2CC2)CC12CCNCC2. The van der Waals surface area contributed by atoms with E-state index in [1.165, 1.54) is 19.3 Å². The number of benzene rings is 1. The van der Waals surface area contributed by atoms with E-state index in [2.05, 4.69) is 29.6 Å². The lowest BCUT2D eigenvalue weighted by Crippen LogP contribution is -2.64. The Labute approximate surface area is 236 Å². The zero-order valence-electron chi connectivity index (χ0n) is 22.7. The lowest BCUT2D eigenvalue weighted by atomic mass is 9.58. The summed E-state index contributed by atoms with van der Waals surface area (Å²) in [5.74, 6) is 1.12. The van der Waals surface area contributed by atoms with E-state index in [0.717, 1.165) is 75.9 Å². The van der Waals surface area contributed by atoms with Gasteiger partial charge in [-0.1, -0.05) is 74.0 Å². The van der Waals surface area contributed by atoms with Gasteiger partial charge < -0.3 is 19.9 Å². The molecule has 3 unspecified atom stereocenters. The van der Waals surface area contributed by atoms with Gasteiger partial charge in [-0.3, -0.25) is 4.79 Å². The first kappa shape index (κ1) is 27.8. The molecule has 1 aliphatic heterocycles. The van der Waals surface area contributed by atoms with Crippen molar-refractivity contribution in [3.05, 3.63) is 34.0 Å². The quantitative estimate of drug-likeness (QED) is 0.202. The molecular formula is C30H41Cl2N3O3. The van der Waals surface area contributed by atoms with E-state index in [1.54, 1.807) is 0 Å². The Morgan fingerprint density at radius 1 is 1.18 bits per heavy atom. The highest BCUT2D eigenvalue weighted by molar-refractivity contribution is 6.39. The number of nitrogens with one attached hydrogen (secondary N) is 2. The Bertz CT molecular complexity index is 1090. The lowest BCUT2D eigenvalue weighted by molar-refractivity contribution is -0.180. The Hall–Kier alpha value is -1.76. The second-order valence-electron chi connectivity index (χ2n) is 11.5. The molecule has 208 valence electrons. The van der Waals surface area contributed by atoms with Crippen molar-refractivity contribution >= 4 is 34.9 Å². The molecule has 2 heterocycles. The molecule has 38 heavy (non-hydrogen) atoms. The van der Waals surface area contributed by atoms with Gasteiger partial charge in [-0.15, -0.1) is 0 Å². The van der Waals surface area contributed by atoms with Crippen molar-refractivity contribution in [2.24, 2.45) is 11.3 Å². The molecule has 2 saturated carbocycles. The number of ether oxygens (including phenoxy) is 1. The van der Waals surface area contributed by atoms with Gasteiger partial charge >= 0.3 is 5.97 Å². The van der Waals surface area contributed by atoms with Crippen LogP contribution in [0.4, 0.5) is 5.69 Å². The maximum atomic E-state index is 13.4. The first-order valence-electron chi connectivity index (χ1n) is 14.6. The number of carbonyl (C=O) groups is 1. The smallest absolute Gasteiger partial charge is 0.309 e. The molecule has 3 fully saturated rings. The summed E-state index contributed by atoms with van der Waals surface area (Å²) in [5.41, 5.74) is 2.18. The monoisotopic (exact) mass is 561 g/mol. The zero-order valence-corrected chi connectivity index (χ0v) is 24.2. The van der Waals surface area contributed by atoms with Crippen LogP contribution in [0.5, 0.6) is 0 Å². The first-order valence-corrected chi connectivity index (χ1v) is 15.3. The average Bonchev–Trinajstić information content (AvgIpc) is 3.68. The van der Waals surface area contributed by atoms with Crippen molar-refractivity contribution in [1.82, 2.24) is 10.5 Å². The summed E-state index contributed by atoms with van der Waals surface area (Å²) in [5, 5.41) is 12.7. The second-order valence-corrected chi connectivity index (χ2v) is 12.3. The highest BCUT2D eigenvalue weighted by Gasteiger charge is 2.57. The van der Waals surface area contributed by atoms with Crippen LogP contribution in [0.15, 0.2) is 22.7 Å². The Kier molecular flexibility index (Phi) is 8.91. The molecule has 2 aromatic rings. The van der Waals surface area contributed by atoms with E-state index in [-0.39, 0.29) is 29.4 Å². The molecule has 8 heteroatoms.